The van der Waals surface area contributed by atoms with Gasteiger partial charge in [0.15, 0.2) is 6.61 Å². The molecule has 138 valence electrons. The van der Waals surface area contributed by atoms with Crippen LogP contribution in [0.5, 0.6) is 5.75 Å². The van der Waals surface area contributed by atoms with Gasteiger partial charge in [-0.1, -0.05) is 29.3 Å². The topological polar surface area (TPSA) is 64.6 Å². The maximum atomic E-state index is 12.9. The van der Waals surface area contributed by atoms with E-state index in [-0.39, 0.29) is 17.1 Å². The van der Waals surface area contributed by atoms with Crippen molar-refractivity contribution in [3.05, 3.63) is 58.9 Å². The van der Waals surface area contributed by atoms with Crippen molar-refractivity contribution in [1.29, 1.82) is 0 Å². The molecular weight excluding hydrogens is 361 g/mol. The van der Waals surface area contributed by atoms with Crippen molar-refractivity contribution >= 4 is 29.2 Å². The number of carbonyl (C=O) groups excluding carboxylic acids is 2. The predicted molar refractivity (Wildman–Crippen MR) is 96.9 cm³/mol. The molecule has 0 saturated heterocycles. The van der Waals surface area contributed by atoms with Crippen molar-refractivity contribution in [2.75, 3.05) is 18.5 Å². The number of carbonyl (C=O) groups is 2. The maximum Gasteiger partial charge on any atom is 0.306 e. The van der Waals surface area contributed by atoms with Crippen molar-refractivity contribution in [2.45, 2.75) is 19.8 Å². The smallest absolute Gasteiger partial charge is 0.306 e. The van der Waals surface area contributed by atoms with Gasteiger partial charge in [0.05, 0.1) is 17.3 Å². The molecule has 5 nitrogen and oxygen atoms in total. The minimum absolute atomic E-state index is 0.0675. The van der Waals surface area contributed by atoms with E-state index in [0.717, 1.165) is 17.4 Å². The fourth-order valence-corrected chi connectivity index (χ4v) is 2.25. The van der Waals surface area contributed by atoms with Crippen molar-refractivity contribution in [3.63, 3.8) is 0 Å². The van der Waals surface area contributed by atoms with Gasteiger partial charge >= 0.3 is 5.97 Å². The summed E-state index contributed by atoms with van der Waals surface area (Å²) in [5.41, 5.74) is 1.39. The molecular formula is C19H19ClFNO4. The zero-order valence-corrected chi connectivity index (χ0v) is 15.0. The summed E-state index contributed by atoms with van der Waals surface area (Å²) in [6.07, 6.45) is 0.606. The van der Waals surface area contributed by atoms with Crippen LogP contribution in [0, 0.1) is 12.7 Å². The highest BCUT2D eigenvalue weighted by Crippen LogP contribution is 2.22. The fraction of sp³-hybridized carbons (Fsp3) is 0.263. The number of hydrogen-bond acceptors (Lipinski definition) is 4. The molecule has 0 unspecified atom stereocenters. The van der Waals surface area contributed by atoms with E-state index in [9.17, 15) is 14.0 Å². The Kier molecular flexibility index (Phi) is 7.41. The number of amides is 1. The summed E-state index contributed by atoms with van der Waals surface area (Å²) in [6.45, 7) is 1.92. The van der Waals surface area contributed by atoms with E-state index >= 15 is 0 Å². The van der Waals surface area contributed by atoms with Crippen LogP contribution in [0.1, 0.15) is 18.4 Å². The summed E-state index contributed by atoms with van der Waals surface area (Å²) >= 11 is 5.80. The minimum atomic E-state index is -0.553. The highest BCUT2D eigenvalue weighted by Gasteiger charge is 2.10. The summed E-state index contributed by atoms with van der Waals surface area (Å²) in [7, 11) is 0. The summed E-state index contributed by atoms with van der Waals surface area (Å²) in [6, 6.07) is 11.2. The molecule has 0 aromatic heterocycles. The normalized spacial score (nSPS) is 10.3. The molecule has 0 aliphatic rings. The molecule has 0 radical (unpaired) electrons. The third-order valence-corrected chi connectivity index (χ3v) is 3.70. The number of rotatable bonds is 8. The zero-order chi connectivity index (χ0) is 18.9. The van der Waals surface area contributed by atoms with E-state index in [1.807, 2.05) is 31.2 Å². The van der Waals surface area contributed by atoms with Gasteiger partial charge in [0, 0.05) is 6.42 Å². The fourth-order valence-electron chi connectivity index (χ4n) is 2.04. The third kappa shape index (κ3) is 6.72. The molecule has 1 amide bonds. The Morgan fingerprint density at radius 2 is 1.88 bits per heavy atom. The van der Waals surface area contributed by atoms with E-state index in [4.69, 9.17) is 21.1 Å². The number of nitrogens with one attached hydrogen (secondary N) is 1. The second-order valence-electron chi connectivity index (χ2n) is 5.60. The molecule has 0 aliphatic heterocycles. The summed E-state index contributed by atoms with van der Waals surface area (Å²) in [5, 5.41) is 2.51. The van der Waals surface area contributed by atoms with E-state index in [2.05, 4.69) is 5.32 Å². The molecule has 0 fully saturated rings. The lowest BCUT2D eigenvalue weighted by molar-refractivity contribution is -0.147. The van der Waals surface area contributed by atoms with Crippen LogP contribution in [-0.4, -0.2) is 25.1 Å². The number of aryl methyl sites for hydroxylation is 1. The molecule has 2 aromatic rings. The molecule has 0 atom stereocenters. The largest absolute Gasteiger partial charge is 0.494 e. The molecule has 7 heteroatoms. The van der Waals surface area contributed by atoms with Crippen molar-refractivity contribution < 1.29 is 23.5 Å². The Balaban J connectivity index is 1.63. The first-order valence-electron chi connectivity index (χ1n) is 8.04. The monoisotopic (exact) mass is 379 g/mol. The first kappa shape index (κ1) is 19.7. The summed E-state index contributed by atoms with van der Waals surface area (Å²) in [5.74, 6) is -0.826. The highest BCUT2D eigenvalue weighted by molar-refractivity contribution is 6.33. The second-order valence-corrected chi connectivity index (χ2v) is 6.01. The summed E-state index contributed by atoms with van der Waals surface area (Å²) < 4.78 is 23.3. The van der Waals surface area contributed by atoms with E-state index in [0.29, 0.717) is 13.0 Å². The lowest BCUT2D eigenvalue weighted by Crippen LogP contribution is -2.21. The Labute approximate surface area is 156 Å². The average Bonchev–Trinajstić information content (AvgIpc) is 2.61. The van der Waals surface area contributed by atoms with E-state index in [1.165, 1.54) is 12.1 Å². The Hall–Kier alpha value is -2.60. The van der Waals surface area contributed by atoms with Gasteiger partial charge in [0.25, 0.3) is 5.91 Å². The van der Waals surface area contributed by atoms with Crippen molar-refractivity contribution in [2.24, 2.45) is 0 Å². The first-order chi connectivity index (χ1) is 12.4. The van der Waals surface area contributed by atoms with Gasteiger partial charge in [-0.3, -0.25) is 9.59 Å². The maximum absolute atomic E-state index is 12.9. The van der Waals surface area contributed by atoms with E-state index in [1.54, 1.807) is 0 Å². The van der Waals surface area contributed by atoms with Crippen molar-refractivity contribution in [1.82, 2.24) is 0 Å². The van der Waals surface area contributed by atoms with Gasteiger partial charge < -0.3 is 14.8 Å². The number of halogens is 2. The highest BCUT2D eigenvalue weighted by atomic mass is 35.5. The number of esters is 1. The molecule has 0 heterocycles. The lowest BCUT2D eigenvalue weighted by atomic mass is 10.2. The molecule has 0 spiro atoms. The van der Waals surface area contributed by atoms with E-state index < -0.39 is 24.3 Å². The molecule has 0 aliphatic carbocycles. The molecule has 1 N–H and O–H groups in total. The van der Waals surface area contributed by atoms with Crippen molar-refractivity contribution in [3.8, 4) is 5.75 Å². The molecule has 2 rings (SSSR count). The van der Waals surface area contributed by atoms with Crippen LogP contribution in [-0.2, 0) is 14.3 Å². The van der Waals surface area contributed by atoms with Crippen LogP contribution >= 0.6 is 11.6 Å². The third-order valence-electron chi connectivity index (χ3n) is 3.38. The molecule has 0 bridgehead atoms. The van der Waals surface area contributed by atoms with Gasteiger partial charge in [0.2, 0.25) is 0 Å². The van der Waals surface area contributed by atoms with Gasteiger partial charge in [-0.15, -0.1) is 0 Å². The Morgan fingerprint density at radius 3 is 2.58 bits per heavy atom. The minimum Gasteiger partial charge on any atom is -0.494 e. The Morgan fingerprint density at radius 1 is 1.15 bits per heavy atom. The van der Waals surface area contributed by atoms with Crippen LogP contribution in [0.15, 0.2) is 42.5 Å². The van der Waals surface area contributed by atoms with Crippen LogP contribution in [0.2, 0.25) is 5.02 Å². The SMILES string of the molecule is Cc1ccc(OCCCC(=O)OCC(=O)Nc2ccc(F)cc2Cl)cc1. The number of hydrogen-bond donors (Lipinski definition) is 1. The van der Waals surface area contributed by atoms with Gasteiger partial charge in [0.1, 0.15) is 11.6 Å². The lowest BCUT2D eigenvalue weighted by Gasteiger charge is -2.09. The predicted octanol–water partition coefficient (Wildman–Crippen LogP) is 4.13. The standard InChI is InChI=1S/C19H19ClFNO4/c1-13-4-7-15(8-5-13)25-10-2-3-19(24)26-12-18(23)22-17-9-6-14(21)11-16(17)20/h4-9,11H,2-3,10,12H2,1H3,(H,22,23). The van der Waals surface area contributed by atoms with Crippen LogP contribution < -0.4 is 10.1 Å². The zero-order valence-electron chi connectivity index (χ0n) is 14.3. The van der Waals surface area contributed by atoms with Gasteiger partial charge in [-0.25, -0.2) is 4.39 Å². The number of benzene rings is 2. The molecule has 0 saturated carbocycles. The second kappa shape index (κ2) is 9.77. The van der Waals surface area contributed by atoms with Crippen LogP contribution in [0.4, 0.5) is 10.1 Å². The average molecular weight is 380 g/mol. The summed E-state index contributed by atoms with van der Waals surface area (Å²) in [4.78, 5) is 23.4. The quantitative estimate of drug-likeness (QED) is 0.553. The van der Waals surface area contributed by atoms with Gasteiger partial charge in [-0.2, -0.15) is 0 Å². The Bertz CT molecular complexity index is 765. The van der Waals surface area contributed by atoms with Gasteiger partial charge in [-0.05, 0) is 43.7 Å². The molecule has 2 aromatic carbocycles. The number of anilines is 1. The molecule has 26 heavy (non-hydrogen) atoms. The number of ether oxygens (including phenoxy) is 2. The first-order valence-corrected chi connectivity index (χ1v) is 8.42. The van der Waals surface area contributed by atoms with Crippen LogP contribution in [0.3, 0.4) is 0 Å². The van der Waals surface area contributed by atoms with Crippen LogP contribution in [0.25, 0.3) is 0 Å².